The first kappa shape index (κ1) is 64.8. The van der Waals surface area contributed by atoms with Crippen LogP contribution in [-0.4, -0.2) is 24.2 Å². The van der Waals surface area contributed by atoms with Crippen LogP contribution in [0.25, 0.3) is 0 Å². The fourth-order valence-electron chi connectivity index (χ4n) is 27.8. The van der Waals surface area contributed by atoms with E-state index >= 15 is 0 Å². The van der Waals surface area contributed by atoms with E-state index in [4.69, 9.17) is 0 Å². The predicted octanol–water partition coefficient (Wildman–Crippen LogP) is 28.1. The summed E-state index contributed by atoms with van der Waals surface area (Å²) in [6, 6.07) is 0. The largest absolute Gasteiger partial charge is 0.124 e. The van der Waals surface area contributed by atoms with Gasteiger partial charge in [-0.25, -0.2) is 0 Å². The van der Waals surface area contributed by atoms with E-state index in [-0.39, 0.29) is 0 Å². The molecule has 12 fully saturated rings. The highest BCUT2D eigenvalue weighted by Crippen LogP contribution is 2.75. The fourth-order valence-corrected chi connectivity index (χ4v) is 53.1. The highest BCUT2D eigenvalue weighted by molar-refractivity contribution is 7.07. The van der Waals surface area contributed by atoms with Gasteiger partial charge in [0, 0.05) is 0 Å². The van der Waals surface area contributed by atoms with Gasteiger partial charge in [0.2, 0.25) is 0 Å². The highest BCUT2D eigenvalue weighted by Gasteiger charge is 2.70. The van der Waals surface area contributed by atoms with Gasteiger partial charge >= 0.3 is 0 Å². The summed E-state index contributed by atoms with van der Waals surface area (Å²) >= 11 is 0. The number of allylic oxidation sites excluding steroid dienone is 13. The molecule has 0 amide bonds. The third kappa shape index (κ3) is 11.8. The molecule has 498 valence electrons. The maximum absolute atomic E-state index is 3.66. The van der Waals surface area contributed by atoms with Crippen molar-refractivity contribution in [2.45, 2.75) is 425 Å². The van der Waals surface area contributed by atoms with Crippen molar-refractivity contribution < 1.29 is 0 Å². The molecule has 15 aliphatic rings. The molecule has 3 aliphatic heterocycles. The first-order chi connectivity index (χ1) is 44.7. The van der Waals surface area contributed by atoms with Gasteiger partial charge in [0.15, 0.2) is 0 Å². The van der Waals surface area contributed by atoms with Crippen molar-refractivity contribution in [3.63, 3.8) is 0 Å². The third-order valence-electron chi connectivity index (χ3n) is 31.3. The molecule has 0 spiro atoms. The molecule has 0 aromatic heterocycles. The summed E-state index contributed by atoms with van der Waals surface area (Å²) in [6.45, 7) is 2.58. The molecule has 0 saturated heterocycles. The summed E-state index contributed by atoms with van der Waals surface area (Å²) in [7, 11) is -7.63. The maximum Gasteiger partial charge on any atom is 0.124 e. The van der Waals surface area contributed by atoms with Crippen LogP contribution in [0.5, 0.6) is 0 Å². The average Bonchev–Trinajstić information content (AvgIpc) is 1.48. The van der Waals surface area contributed by atoms with Gasteiger partial charge < -0.3 is 0 Å². The average molecular weight is 1270 g/mol. The Morgan fingerprint density at radius 3 is 0.789 bits per heavy atom. The Kier molecular flexibility index (Phi) is 21.5. The molecule has 0 radical (unpaired) electrons. The summed E-state index contributed by atoms with van der Waals surface area (Å²) < 4.78 is 0. The molecule has 12 saturated carbocycles. The first-order valence-corrected chi connectivity index (χ1v) is 49.3. The van der Waals surface area contributed by atoms with E-state index in [9.17, 15) is 0 Å². The Bertz CT molecular complexity index is 2570. The molecule has 0 atom stereocenters. The van der Waals surface area contributed by atoms with E-state index in [0.29, 0.717) is 0 Å². The molecule has 12 aliphatic carbocycles. The first-order valence-electron chi connectivity index (χ1n) is 42.8. The van der Waals surface area contributed by atoms with Gasteiger partial charge in [-0.1, -0.05) is 336 Å². The summed E-state index contributed by atoms with van der Waals surface area (Å²) in [5, 5.41) is 12.3. The van der Waals surface area contributed by atoms with E-state index in [2.05, 4.69) is 84.2 Å². The van der Waals surface area contributed by atoms with E-state index < -0.39 is 24.2 Å². The van der Waals surface area contributed by atoms with Crippen LogP contribution in [-0.2, 0) is 0 Å². The zero-order valence-corrected chi connectivity index (χ0v) is 62.1. The molecule has 0 nitrogen and oxygen atoms in total. The van der Waals surface area contributed by atoms with Gasteiger partial charge in [-0.05, 0) is 202 Å². The molecule has 0 aromatic carbocycles. The Labute approximate surface area is 558 Å². The second-order valence-corrected chi connectivity index (χ2v) is 48.8. The molecule has 0 unspecified atom stereocenters. The lowest BCUT2D eigenvalue weighted by Crippen LogP contribution is -2.58. The fraction of sp³-hybridized carbons (Fsp3) is 0.839. The van der Waals surface area contributed by atoms with Gasteiger partial charge in [0.1, 0.15) is 24.2 Å². The second-order valence-electron chi connectivity index (χ2n) is 35.8. The van der Waals surface area contributed by atoms with E-state index in [1.54, 1.807) is 205 Å². The topological polar surface area (TPSA) is 0 Å². The number of hydrogen-bond acceptors (Lipinski definition) is 0. The Balaban J connectivity index is 1.16. The van der Waals surface area contributed by atoms with Crippen molar-refractivity contribution in [1.29, 1.82) is 0 Å². The van der Waals surface area contributed by atoms with Crippen LogP contribution in [0, 0.1) is 35.5 Å². The quantitative estimate of drug-likeness (QED) is 0.143. The molecular weight excluding hydrogens is 1130 g/mol. The number of hydrogen-bond donors (Lipinski definition) is 0. The maximum atomic E-state index is 3.66. The van der Waals surface area contributed by atoms with E-state index in [1.165, 1.54) is 180 Å². The summed E-state index contributed by atoms with van der Waals surface area (Å²) in [5.41, 5.74) is 23.2. The molecule has 0 bridgehead atoms. The van der Waals surface area contributed by atoms with Crippen LogP contribution in [0.1, 0.15) is 392 Å². The molecular formula is C87H138Si3. The Morgan fingerprint density at radius 2 is 0.467 bits per heavy atom. The standard InChI is InChI=1S/C87H138Si3/c1-2-39-78-80(67-44-19-5-20-45-67)81(68-46-21-6-22-47-68)86(89(78,73-56-31-11-32-57-73)74-58-33-12-34-59-74)87-83(70-50-25-8-26-51-70)82(69-48-23-7-24-49-69)85(90(87,75-60-35-13-36-61-75)76-62-37-14-38-63-76)84-79(66-42-17-4-18-43-66)77(65-40-15-3-16-41-65)64-88(84,71-52-27-9-28-53-71)72-54-29-10-30-55-72/h2,39,64-76H,3-38,40-63H2,1H3/b39-2+. The van der Waals surface area contributed by atoms with Crippen molar-refractivity contribution in [2.75, 3.05) is 0 Å². The Morgan fingerprint density at radius 1 is 0.233 bits per heavy atom. The van der Waals surface area contributed by atoms with Crippen molar-refractivity contribution in [3.05, 3.63) is 77.3 Å². The minimum absolute atomic E-state index is 0.819. The molecule has 0 N–H and O–H groups in total. The zero-order valence-electron chi connectivity index (χ0n) is 59.1. The van der Waals surface area contributed by atoms with Crippen LogP contribution < -0.4 is 0 Å². The predicted molar refractivity (Wildman–Crippen MR) is 396 cm³/mol. The lowest BCUT2D eigenvalue weighted by Gasteiger charge is -2.57. The minimum atomic E-state index is -2.74. The molecule has 3 heteroatoms. The van der Waals surface area contributed by atoms with Gasteiger partial charge in [-0.3, -0.25) is 0 Å². The Hall–Kier alpha value is -1.17. The SMILES string of the molecule is C/C=C/C1=C(C2CCCCC2)C(C2CCCCC2)=C(C2=C(C3CCCCC3)C(C3CCCCC3)=C(C3=C(C4CCCCC4)C(C4CCCCC4)=C[Si]3(C3CCCCC3)C3CCCCC3)[Si]2(C2CCCCC2)C2CCCCC2)[Si]1(C1CCCCC1)C1CCCCC1. The zero-order chi connectivity index (χ0) is 60.3. The van der Waals surface area contributed by atoms with E-state index in [1.807, 2.05) is 0 Å². The lowest BCUT2D eigenvalue weighted by atomic mass is 9.71. The van der Waals surface area contributed by atoms with Crippen molar-refractivity contribution in [3.8, 4) is 0 Å². The highest BCUT2D eigenvalue weighted by atomic mass is 28.3. The lowest BCUT2D eigenvalue weighted by molar-refractivity contribution is 0.371. The normalized spacial score (nSPS) is 31.4. The van der Waals surface area contributed by atoms with Crippen molar-refractivity contribution in [1.82, 2.24) is 0 Å². The van der Waals surface area contributed by atoms with Crippen LogP contribution in [0.15, 0.2) is 77.3 Å². The third-order valence-corrected chi connectivity index (χ3v) is 50.6. The minimum Gasteiger partial charge on any atom is -0.0877 e. The molecule has 0 aromatic rings. The van der Waals surface area contributed by atoms with Crippen LogP contribution in [0.4, 0.5) is 0 Å². The molecule has 90 heavy (non-hydrogen) atoms. The summed E-state index contributed by atoms with van der Waals surface area (Å²) in [4.78, 5) is 0. The monoisotopic (exact) mass is 1270 g/mol. The van der Waals surface area contributed by atoms with Gasteiger partial charge in [-0.15, -0.1) is 0 Å². The van der Waals surface area contributed by atoms with Gasteiger partial charge in [0.05, 0.1) is 0 Å². The number of rotatable bonds is 15. The van der Waals surface area contributed by atoms with Gasteiger partial charge in [0.25, 0.3) is 0 Å². The van der Waals surface area contributed by atoms with Crippen LogP contribution in [0.2, 0.25) is 33.2 Å². The van der Waals surface area contributed by atoms with Crippen molar-refractivity contribution in [2.24, 2.45) is 35.5 Å². The van der Waals surface area contributed by atoms with E-state index in [0.717, 1.165) is 68.8 Å². The molecule has 3 heterocycles. The second kappa shape index (κ2) is 29.9. The van der Waals surface area contributed by atoms with Crippen LogP contribution >= 0.6 is 0 Å². The summed E-state index contributed by atoms with van der Waals surface area (Å²) in [5.74, 6) is 4.99. The van der Waals surface area contributed by atoms with Crippen LogP contribution in [0.3, 0.4) is 0 Å². The smallest absolute Gasteiger partial charge is 0.0877 e. The van der Waals surface area contributed by atoms with Gasteiger partial charge in [-0.2, -0.15) is 0 Å². The van der Waals surface area contributed by atoms with Crippen molar-refractivity contribution >= 4 is 24.2 Å². The summed E-state index contributed by atoms with van der Waals surface area (Å²) in [6.07, 6.45) is 98.9. The molecule has 15 rings (SSSR count).